The van der Waals surface area contributed by atoms with Crippen molar-refractivity contribution in [3.63, 3.8) is 0 Å². The fourth-order valence-electron chi connectivity index (χ4n) is 4.29. The van der Waals surface area contributed by atoms with Crippen molar-refractivity contribution in [2.75, 3.05) is 19.8 Å². The van der Waals surface area contributed by atoms with Gasteiger partial charge in [-0.2, -0.15) is 0 Å². The van der Waals surface area contributed by atoms with Crippen LogP contribution in [0, 0.1) is 0 Å². The summed E-state index contributed by atoms with van der Waals surface area (Å²) < 4.78 is 84.9. The highest BCUT2D eigenvalue weighted by atomic mass is 32.5. The lowest BCUT2D eigenvalue weighted by Gasteiger charge is -2.36. The fraction of sp³-hybridized carbons (Fsp3) is 0.576. The van der Waals surface area contributed by atoms with Crippen LogP contribution in [0.25, 0.3) is 0 Å². The van der Waals surface area contributed by atoms with Gasteiger partial charge in [-0.3, -0.25) is 14.4 Å². The van der Waals surface area contributed by atoms with Crippen molar-refractivity contribution in [1.82, 2.24) is 21.3 Å². The van der Waals surface area contributed by atoms with E-state index in [0.29, 0.717) is 0 Å². The Bertz CT molecular complexity index is 1430. The molecule has 4 amide bonds. The molecule has 1 aromatic carbocycles. The van der Waals surface area contributed by atoms with Gasteiger partial charge in [0.1, 0.15) is 30.3 Å². The highest BCUT2D eigenvalue weighted by Gasteiger charge is 2.60. The molecule has 0 fully saturated rings. The Hall–Kier alpha value is -4.62. The number of hydrogen-bond donors (Lipinski definition) is 4. The Morgan fingerprint density at radius 1 is 0.755 bits per heavy atom. The van der Waals surface area contributed by atoms with E-state index in [9.17, 15) is 48.2 Å². The summed E-state index contributed by atoms with van der Waals surface area (Å²) >= 11 is 0. The summed E-state index contributed by atoms with van der Waals surface area (Å²) in [5.41, 5.74) is -0.375. The van der Waals surface area contributed by atoms with Gasteiger partial charge in [0, 0.05) is 13.0 Å². The molecule has 0 aromatic heterocycles. The fourth-order valence-corrected chi connectivity index (χ4v) is 4.77. The van der Waals surface area contributed by atoms with Crippen molar-refractivity contribution in [2.24, 2.45) is 0 Å². The molecular weight excluding hydrogens is 739 g/mol. The average molecular weight is 789 g/mol. The summed E-state index contributed by atoms with van der Waals surface area (Å²) in [7, 11) is -10.0. The molecule has 0 radical (unpaired) electrons. The van der Waals surface area contributed by atoms with E-state index in [-0.39, 0.29) is 64.5 Å². The van der Waals surface area contributed by atoms with Crippen molar-refractivity contribution in [2.45, 2.75) is 103 Å². The number of ether oxygens (including phenoxy) is 4. The molecule has 0 aliphatic rings. The minimum atomic E-state index is -10.0. The zero-order chi connectivity index (χ0) is 40.4. The molecule has 1 rings (SSSR count). The predicted molar refractivity (Wildman–Crippen MR) is 185 cm³/mol. The minimum absolute atomic E-state index is 0.00851. The number of hydrogen-bond acceptors (Lipinski definition) is 10. The molecule has 0 saturated carbocycles. The van der Waals surface area contributed by atoms with Crippen molar-refractivity contribution in [3.8, 4) is 0 Å². The second-order valence-electron chi connectivity index (χ2n) is 12.5. The quantitative estimate of drug-likeness (QED) is 0.0494. The van der Waals surface area contributed by atoms with Crippen molar-refractivity contribution < 1.29 is 67.1 Å². The van der Waals surface area contributed by atoms with E-state index < -0.39 is 81.7 Å². The first-order valence-corrected chi connectivity index (χ1v) is 18.7. The number of halogens is 5. The zero-order valence-corrected chi connectivity index (χ0v) is 31.0. The number of amides is 4. The Morgan fingerprint density at radius 3 is 1.94 bits per heavy atom. The van der Waals surface area contributed by atoms with Crippen LogP contribution < -0.4 is 21.3 Å². The van der Waals surface area contributed by atoms with Crippen LogP contribution in [-0.2, 0) is 44.7 Å². The Labute approximate surface area is 305 Å². The third-order valence-electron chi connectivity index (χ3n) is 6.60. The maximum absolute atomic E-state index is 13.5. The van der Waals surface area contributed by atoms with Crippen molar-refractivity contribution >= 4 is 46.2 Å². The molecule has 3 atom stereocenters. The van der Waals surface area contributed by atoms with Crippen LogP contribution in [0.1, 0.15) is 78.7 Å². The molecule has 4 N–H and O–H groups in total. The van der Waals surface area contributed by atoms with Crippen LogP contribution in [0.15, 0.2) is 41.8 Å². The summed E-state index contributed by atoms with van der Waals surface area (Å²) in [5, 5.41) is 7.94. The van der Waals surface area contributed by atoms with E-state index in [1.165, 1.54) is 27.7 Å². The van der Waals surface area contributed by atoms with Crippen LogP contribution in [-0.4, -0.2) is 79.4 Å². The van der Waals surface area contributed by atoms with Gasteiger partial charge in [-0.05, 0) is 72.3 Å². The van der Waals surface area contributed by atoms with E-state index >= 15 is 0 Å². The summed E-state index contributed by atoms with van der Waals surface area (Å²) in [5.74, 6) is -3.84. The number of esters is 2. The minimum Gasteiger partial charge on any atom is -0.466 e. The second-order valence-corrected chi connectivity index (χ2v) is 14.9. The van der Waals surface area contributed by atoms with Crippen molar-refractivity contribution in [1.29, 1.82) is 0 Å². The number of nitrogens with one attached hydrogen (secondary N) is 4. The van der Waals surface area contributed by atoms with Crippen LogP contribution in [0.4, 0.5) is 29.0 Å². The van der Waals surface area contributed by atoms with Crippen LogP contribution in [0.5, 0.6) is 0 Å². The first-order chi connectivity index (χ1) is 24.4. The maximum Gasteiger partial charge on any atom is 0.408 e. The Balaban J connectivity index is 3.20. The molecule has 0 aliphatic carbocycles. The molecule has 1 aromatic rings. The number of benzene rings is 1. The van der Waals surface area contributed by atoms with Gasteiger partial charge in [-0.15, -0.1) is 0 Å². The number of alkyl carbamates (subject to hydrolysis) is 2. The van der Waals surface area contributed by atoms with E-state index in [1.54, 1.807) is 37.3 Å². The largest absolute Gasteiger partial charge is 0.466 e. The highest BCUT2D eigenvalue weighted by molar-refractivity contribution is 8.48. The first kappa shape index (κ1) is 46.4. The monoisotopic (exact) mass is 788 g/mol. The van der Waals surface area contributed by atoms with Gasteiger partial charge < -0.3 is 40.2 Å². The molecule has 20 heteroatoms. The lowest BCUT2D eigenvalue weighted by Crippen LogP contribution is -2.56. The van der Waals surface area contributed by atoms with Gasteiger partial charge in [-0.25, -0.2) is 14.4 Å². The Kier molecular flexibility index (Phi) is 17.5. The van der Waals surface area contributed by atoms with E-state index in [0.717, 1.165) is 5.56 Å². The lowest BCUT2D eigenvalue weighted by molar-refractivity contribution is -0.149. The number of carbonyl (C=O) groups is 6. The lowest BCUT2D eigenvalue weighted by atomic mass is 10.1. The molecule has 1 unspecified atom stereocenters. The number of unbranched alkanes of at least 4 members (excludes halogenated alkanes) is 1. The number of carbonyl (C=O) groups excluding carboxylic acids is 6. The van der Waals surface area contributed by atoms with Crippen LogP contribution >= 0.6 is 10.2 Å². The highest BCUT2D eigenvalue weighted by Crippen LogP contribution is 2.99. The van der Waals surface area contributed by atoms with Crippen molar-refractivity contribution in [3.05, 3.63) is 47.4 Å². The summed E-state index contributed by atoms with van der Waals surface area (Å²) in [6.45, 7) is 7.46. The molecule has 14 nitrogen and oxygen atoms in total. The summed E-state index contributed by atoms with van der Waals surface area (Å²) in [6, 6.07) is 3.97. The van der Waals surface area contributed by atoms with E-state index in [2.05, 4.69) is 16.0 Å². The molecule has 0 saturated heterocycles. The molecule has 0 heterocycles. The van der Waals surface area contributed by atoms with Crippen LogP contribution in [0.3, 0.4) is 0 Å². The van der Waals surface area contributed by atoms with E-state index in [1.807, 2.05) is 5.32 Å². The topological polar surface area (TPSA) is 187 Å². The third-order valence-corrected chi connectivity index (χ3v) is 7.30. The van der Waals surface area contributed by atoms with Gasteiger partial charge >= 0.3 is 34.3 Å². The third kappa shape index (κ3) is 22.8. The van der Waals surface area contributed by atoms with Crippen LogP contribution in [0.2, 0.25) is 0 Å². The first-order valence-electron chi connectivity index (χ1n) is 16.7. The predicted octanol–water partition coefficient (Wildman–Crippen LogP) is 6.05. The van der Waals surface area contributed by atoms with Gasteiger partial charge in [0.05, 0.1) is 18.6 Å². The molecule has 0 aliphatic heterocycles. The summed E-state index contributed by atoms with van der Waals surface area (Å²) in [6.07, 6.45) is -3.54. The normalized spacial score (nSPS) is 14.7. The standard InChI is InChI=1S/C33H49F5N4O10S/c1-6-49-27(43)19-18-26(30(46)50-7-2)41-28(44)24(16-11-12-20-39-31(47)51-22-23-14-9-8-10-15-23)40-29(45)25(42-32(48)52-33(3,4)5)17-13-21-53(34,35,36,37)38/h8-10,13-15,21,24-26H,6-7,11-12,16-20,22H2,1-5H3,(H,39,47)(H,40,45)(H,41,44)(H,42,48)/b21-13+/t24-,25?,26-/m0/s1. The second kappa shape index (κ2) is 20.0. The summed E-state index contributed by atoms with van der Waals surface area (Å²) in [4.78, 5) is 76.0. The smallest absolute Gasteiger partial charge is 0.408 e. The van der Waals surface area contributed by atoms with E-state index in [4.69, 9.17) is 18.9 Å². The molecule has 0 bridgehead atoms. The van der Waals surface area contributed by atoms with Gasteiger partial charge in [0.15, 0.2) is 0 Å². The van der Waals surface area contributed by atoms with Gasteiger partial charge in [-0.1, -0.05) is 55.8 Å². The molecule has 53 heavy (non-hydrogen) atoms. The molecule has 0 spiro atoms. The SMILES string of the molecule is CCOC(=O)CC[C@H](NC(=O)[C@H](CCCCNC(=O)OCc1ccccc1)NC(=O)C(C/C=C/S(F)(F)(F)(F)F)NC(=O)OC(C)(C)C)C(=O)OCC. The zero-order valence-electron chi connectivity index (χ0n) is 30.2. The van der Waals surface area contributed by atoms with Gasteiger partial charge in [0.25, 0.3) is 0 Å². The maximum atomic E-state index is 13.5. The average Bonchev–Trinajstić information content (AvgIpc) is 3.03. The number of rotatable bonds is 21. The van der Waals surface area contributed by atoms with Gasteiger partial charge in [0.2, 0.25) is 11.8 Å². The Morgan fingerprint density at radius 2 is 1.36 bits per heavy atom. The molecule has 302 valence electrons. The molecular formula is C33H49F5N4O10S.